The third-order valence-electron chi connectivity index (χ3n) is 9.97. The lowest BCUT2D eigenvalue weighted by Gasteiger charge is -2.46. The lowest BCUT2D eigenvalue weighted by molar-refractivity contribution is -0.114. The predicted molar refractivity (Wildman–Crippen MR) is 176 cm³/mol. The van der Waals surface area contributed by atoms with Crippen molar-refractivity contribution >= 4 is 11.7 Å². The molecule has 0 amide bonds. The van der Waals surface area contributed by atoms with E-state index in [2.05, 4.69) is 24.1 Å². The molecule has 6 N–H and O–H groups in total. The van der Waals surface area contributed by atoms with E-state index in [0.717, 1.165) is 74.5 Å². The number of nitrogens with zero attached hydrogens (tertiary/aromatic N) is 1. The van der Waals surface area contributed by atoms with Crippen molar-refractivity contribution in [3.05, 3.63) is 46.6 Å². The predicted octanol–water partition coefficient (Wildman–Crippen LogP) is 5.94. The van der Waals surface area contributed by atoms with Crippen molar-refractivity contribution in [1.29, 1.82) is 0 Å². The Labute approximate surface area is 264 Å². The summed E-state index contributed by atoms with van der Waals surface area (Å²) in [5.41, 5.74) is 15.5. The number of ether oxygens (including phenoxy) is 2. The summed E-state index contributed by atoms with van der Waals surface area (Å²) in [4.78, 5) is 17.2. The molecule has 44 heavy (non-hydrogen) atoms. The van der Waals surface area contributed by atoms with Gasteiger partial charge in [-0.15, -0.1) is 0 Å². The van der Waals surface area contributed by atoms with Crippen molar-refractivity contribution in [3.63, 3.8) is 0 Å². The Balaban J connectivity index is 1.74. The lowest BCUT2D eigenvalue weighted by atomic mass is 9.59. The monoisotopic (exact) mass is 609 g/mol. The fraction of sp³-hybridized carbons (Fsp3) is 0.667. The zero-order valence-corrected chi connectivity index (χ0v) is 27.1. The average molecular weight is 610 g/mol. The molecule has 3 aliphatic rings. The van der Waals surface area contributed by atoms with Crippen LogP contribution in [0, 0.1) is 23.7 Å². The van der Waals surface area contributed by atoms with Crippen LogP contribution in [0.3, 0.4) is 0 Å². The third-order valence-corrected chi connectivity index (χ3v) is 9.97. The molecule has 2 fully saturated rings. The molecule has 244 valence electrons. The molecular weight excluding hydrogens is 554 g/mol. The Morgan fingerprint density at radius 2 is 1.93 bits per heavy atom. The molecule has 1 aromatic rings. The molecule has 5 atom stereocenters. The first-order valence-corrected chi connectivity index (χ1v) is 16.8. The van der Waals surface area contributed by atoms with Crippen LogP contribution in [0.1, 0.15) is 102 Å². The van der Waals surface area contributed by atoms with Crippen LogP contribution in [-0.2, 0) is 16.0 Å². The summed E-state index contributed by atoms with van der Waals surface area (Å²) in [6.07, 6.45) is 14.9. The van der Waals surface area contributed by atoms with Gasteiger partial charge in [-0.2, -0.15) is 0 Å². The highest BCUT2D eigenvalue weighted by atomic mass is 16.5. The van der Waals surface area contributed by atoms with E-state index in [4.69, 9.17) is 20.9 Å². The molecule has 4 rings (SSSR count). The normalized spacial score (nSPS) is 25.8. The van der Waals surface area contributed by atoms with E-state index in [9.17, 15) is 15.0 Å². The number of rotatable bonds is 15. The Morgan fingerprint density at radius 1 is 1.16 bits per heavy atom. The molecule has 1 aromatic carbocycles. The number of aryl methyl sites for hydroxylation is 1. The van der Waals surface area contributed by atoms with Crippen molar-refractivity contribution in [2.24, 2.45) is 40.1 Å². The largest absolute Gasteiger partial charge is 0.504 e. The first-order valence-electron chi connectivity index (χ1n) is 16.8. The minimum absolute atomic E-state index is 0.0106. The second-order valence-corrected chi connectivity index (χ2v) is 13.4. The van der Waals surface area contributed by atoms with Gasteiger partial charge in [0.15, 0.2) is 23.2 Å². The third kappa shape index (κ3) is 8.87. The number of benzene rings is 1. The van der Waals surface area contributed by atoms with Crippen LogP contribution >= 0.6 is 0 Å². The van der Waals surface area contributed by atoms with Crippen molar-refractivity contribution in [2.75, 3.05) is 26.9 Å². The number of aromatic hydroxyl groups is 1. The summed E-state index contributed by atoms with van der Waals surface area (Å²) in [5, 5.41) is 21.6. The summed E-state index contributed by atoms with van der Waals surface area (Å²) >= 11 is 0. The number of aliphatic hydroxyl groups excluding tert-OH is 1. The summed E-state index contributed by atoms with van der Waals surface area (Å²) in [6.45, 7) is 5.37. The number of methoxy groups -OCH3 is 1. The van der Waals surface area contributed by atoms with E-state index < -0.39 is 0 Å². The van der Waals surface area contributed by atoms with Crippen molar-refractivity contribution in [3.8, 4) is 11.5 Å². The quantitative estimate of drug-likeness (QED) is 0.0835. The number of hydrogen-bond donors (Lipinski definition) is 4. The maximum atomic E-state index is 12.9. The van der Waals surface area contributed by atoms with Gasteiger partial charge in [-0.05, 0) is 117 Å². The second kappa shape index (κ2) is 16.5. The molecule has 0 radical (unpaired) electrons. The molecule has 8 heteroatoms. The number of carbonyl (C=O) groups excluding carboxylic acids is 1. The number of aliphatic hydroxyl groups is 1. The molecule has 0 unspecified atom stereocenters. The zero-order valence-electron chi connectivity index (χ0n) is 27.1. The van der Waals surface area contributed by atoms with Crippen LogP contribution in [0.15, 0.2) is 40.4 Å². The number of carbonyl (C=O) groups is 1. The SMILES string of the molecule is CCCC(=CC(=O)CCc1cc(OC2CCCC2)c(O)c([C@H]2[C@H](COC)[C@@H](CCN=C(N)N)C=C3CC[C@@H](C)C[C@H]32)c1)CO. The van der Waals surface area contributed by atoms with E-state index in [1.807, 2.05) is 13.0 Å². The van der Waals surface area contributed by atoms with Gasteiger partial charge in [0.2, 0.25) is 0 Å². The number of phenolic OH excluding ortho intramolecular Hbond substituents is 1. The van der Waals surface area contributed by atoms with Gasteiger partial charge in [-0.1, -0.05) is 38.0 Å². The first kappa shape index (κ1) is 34.0. The molecule has 0 aromatic heterocycles. The number of ketones is 1. The average Bonchev–Trinajstić information content (AvgIpc) is 3.51. The van der Waals surface area contributed by atoms with Gasteiger partial charge < -0.3 is 31.2 Å². The summed E-state index contributed by atoms with van der Waals surface area (Å²) in [6, 6.07) is 4.06. The molecule has 0 heterocycles. The second-order valence-electron chi connectivity index (χ2n) is 13.4. The van der Waals surface area contributed by atoms with E-state index in [1.165, 1.54) is 5.57 Å². The van der Waals surface area contributed by atoms with E-state index in [-0.39, 0.29) is 48.0 Å². The van der Waals surface area contributed by atoms with Gasteiger partial charge in [0.1, 0.15) is 0 Å². The molecular formula is C36H55N3O5. The molecule has 3 aliphatic carbocycles. The van der Waals surface area contributed by atoms with Crippen LogP contribution in [0.4, 0.5) is 0 Å². The molecule has 0 saturated heterocycles. The number of phenols is 1. The van der Waals surface area contributed by atoms with E-state index in [0.29, 0.717) is 50.0 Å². The molecule has 0 bridgehead atoms. The van der Waals surface area contributed by atoms with Crippen LogP contribution in [0.2, 0.25) is 0 Å². The molecule has 8 nitrogen and oxygen atoms in total. The fourth-order valence-electron chi connectivity index (χ4n) is 7.80. The minimum Gasteiger partial charge on any atom is -0.504 e. The Hall–Kier alpha value is -2.84. The number of nitrogens with two attached hydrogens (primary N) is 2. The van der Waals surface area contributed by atoms with Crippen molar-refractivity contribution < 1.29 is 24.5 Å². The summed E-state index contributed by atoms with van der Waals surface area (Å²) in [5.74, 6) is 2.12. The van der Waals surface area contributed by atoms with Crippen LogP contribution in [0.5, 0.6) is 11.5 Å². The van der Waals surface area contributed by atoms with Gasteiger partial charge in [0.25, 0.3) is 0 Å². The Bertz CT molecular complexity index is 1200. The van der Waals surface area contributed by atoms with Crippen molar-refractivity contribution in [2.45, 2.75) is 103 Å². The van der Waals surface area contributed by atoms with Crippen molar-refractivity contribution in [1.82, 2.24) is 0 Å². The first-order chi connectivity index (χ1) is 21.2. The van der Waals surface area contributed by atoms with E-state index in [1.54, 1.807) is 13.2 Å². The standard InChI is InChI=1S/C36H55N3O5/c1-4-7-25(21-40)17-28(41)13-11-24-18-31(35(42)33(19-24)44-29-8-5-6-9-29)34-30-16-23(2)10-12-26(30)20-27(32(34)22-43-3)14-15-39-36(37)38/h17-20,23,27,29-30,32,34,40,42H,4-16,21-22H2,1-3H3,(H4,37,38,39)/t23-,27+,30-,32-,34+/m1/s1. The zero-order chi connectivity index (χ0) is 31.6. The number of fused-ring (bicyclic) bond motifs is 1. The van der Waals surface area contributed by atoms with Crippen LogP contribution in [0.25, 0.3) is 0 Å². The van der Waals surface area contributed by atoms with Gasteiger partial charge in [-0.3, -0.25) is 9.79 Å². The number of allylic oxidation sites excluding steroid dienone is 3. The minimum atomic E-state index is -0.0924. The maximum absolute atomic E-state index is 12.9. The number of aliphatic imine (C=N–C) groups is 1. The van der Waals surface area contributed by atoms with Gasteiger partial charge >= 0.3 is 0 Å². The van der Waals surface area contributed by atoms with Gasteiger partial charge in [0.05, 0.1) is 19.3 Å². The summed E-state index contributed by atoms with van der Waals surface area (Å²) < 4.78 is 12.4. The topological polar surface area (TPSA) is 140 Å². The molecule has 0 spiro atoms. The smallest absolute Gasteiger partial charge is 0.185 e. The fourth-order valence-corrected chi connectivity index (χ4v) is 7.80. The highest BCUT2D eigenvalue weighted by molar-refractivity contribution is 5.90. The Kier molecular flexibility index (Phi) is 12.7. The highest BCUT2D eigenvalue weighted by Gasteiger charge is 2.44. The highest BCUT2D eigenvalue weighted by Crippen LogP contribution is 2.55. The van der Waals surface area contributed by atoms with Crippen LogP contribution in [-0.4, -0.2) is 54.9 Å². The molecule has 0 aliphatic heterocycles. The van der Waals surface area contributed by atoms with Gasteiger partial charge in [-0.25, -0.2) is 0 Å². The van der Waals surface area contributed by atoms with Gasteiger partial charge in [0, 0.05) is 25.6 Å². The van der Waals surface area contributed by atoms with E-state index >= 15 is 0 Å². The number of guanidine groups is 1. The number of hydrogen-bond acceptors (Lipinski definition) is 6. The van der Waals surface area contributed by atoms with Crippen LogP contribution < -0.4 is 16.2 Å². The Morgan fingerprint density at radius 3 is 2.61 bits per heavy atom. The molecule has 2 saturated carbocycles. The summed E-state index contributed by atoms with van der Waals surface area (Å²) in [7, 11) is 1.75. The lowest BCUT2D eigenvalue weighted by Crippen LogP contribution is -2.38. The maximum Gasteiger partial charge on any atom is 0.185 e.